The number of pyridine rings is 2. The molecule has 196 valence electrons. The minimum absolute atomic E-state index is 0.353. The van der Waals surface area contributed by atoms with Gasteiger partial charge in [-0.15, -0.1) is 0 Å². The highest BCUT2D eigenvalue weighted by atomic mass is 19.2. The zero-order valence-electron chi connectivity index (χ0n) is 21.8. The lowest BCUT2D eigenvalue weighted by atomic mass is 9.72. The SMILES string of the molecule is CCO/N=C(\c1ccc(F)c(F)c1)c1ccc(CN2CC3(C2)CN(c2ccc4nc(C)c(C)n4c2)C3)cn1. The predicted molar refractivity (Wildman–Crippen MR) is 142 cm³/mol. The lowest BCUT2D eigenvalue weighted by Gasteiger charge is -2.61. The van der Waals surface area contributed by atoms with Crippen molar-refractivity contribution in [3.05, 3.63) is 94.7 Å². The van der Waals surface area contributed by atoms with Gasteiger partial charge in [0.25, 0.3) is 0 Å². The van der Waals surface area contributed by atoms with Gasteiger partial charge in [-0.2, -0.15) is 0 Å². The maximum absolute atomic E-state index is 13.8. The van der Waals surface area contributed by atoms with Crippen molar-refractivity contribution in [2.45, 2.75) is 27.3 Å². The third-order valence-electron chi connectivity index (χ3n) is 7.57. The molecule has 38 heavy (non-hydrogen) atoms. The van der Waals surface area contributed by atoms with Crippen molar-refractivity contribution >= 4 is 17.0 Å². The summed E-state index contributed by atoms with van der Waals surface area (Å²) in [4.78, 5) is 19.3. The number of anilines is 1. The number of rotatable bonds is 7. The van der Waals surface area contributed by atoms with Crippen molar-refractivity contribution in [3.63, 3.8) is 0 Å². The third kappa shape index (κ3) is 4.41. The monoisotopic (exact) mass is 516 g/mol. The van der Waals surface area contributed by atoms with E-state index in [2.05, 4.69) is 54.6 Å². The summed E-state index contributed by atoms with van der Waals surface area (Å²) in [6, 6.07) is 11.8. The zero-order valence-corrected chi connectivity index (χ0v) is 21.8. The van der Waals surface area contributed by atoms with E-state index in [0.29, 0.717) is 29.0 Å². The van der Waals surface area contributed by atoms with Gasteiger partial charge in [0, 0.05) is 61.8 Å². The second-order valence-electron chi connectivity index (χ2n) is 10.4. The summed E-state index contributed by atoms with van der Waals surface area (Å²) in [5, 5.41) is 4.11. The molecule has 2 aliphatic rings. The lowest BCUT2D eigenvalue weighted by molar-refractivity contribution is -0.0274. The number of nitrogens with zero attached hydrogens (tertiary/aromatic N) is 6. The van der Waals surface area contributed by atoms with Crippen molar-refractivity contribution in [1.29, 1.82) is 0 Å². The number of hydrogen-bond donors (Lipinski definition) is 0. The molecule has 0 saturated carbocycles. The topological polar surface area (TPSA) is 58.3 Å². The molecule has 0 amide bonds. The van der Waals surface area contributed by atoms with Crippen LogP contribution in [0.15, 0.2) is 60.0 Å². The molecule has 5 heterocycles. The first-order valence-corrected chi connectivity index (χ1v) is 12.9. The molecule has 0 unspecified atom stereocenters. The molecule has 2 aliphatic heterocycles. The van der Waals surface area contributed by atoms with Crippen LogP contribution in [0.25, 0.3) is 5.65 Å². The molecular weight excluding hydrogens is 486 g/mol. The number of oxime groups is 1. The molecule has 1 spiro atoms. The van der Waals surface area contributed by atoms with E-state index in [1.54, 1.807) is 0 Å². The van der Waals surface area contributed by atoms with Crippen LogP contribution in [0.1, 0.15) is 35.1 Å². The van der Waals surface area contributed by atoms with Crippen molar-refractivity contribution in [3.8, 4) is 0 Å². The van der Waals surface area contributed by atoms with E-state index in [-0.39, 0.29) is 0 Å². The lowest BCUT2D eigenvalue weighted by Crippen LogP contribution is -2.72. The highest BCUT2D eigenvalue weighted by Gasteiger charge is 2.51. The predicted octanol–water partition coefficient (Wildman–Crippen LogP) is 4.74. The van der Waals surface area contributed by atoms with Crippen LogP contribution in [0.3, 0.4) is 0 Å². The first-order valence-electron chi connectivity index (χ1n) is 12.9. The minimum Gasteiger partial charge on any atom is -0.396 e. The van der Waals surface area contributed by atoms with Gasteiger partial charge in [-0.3, -0.25) is 9.88 Å². The molecule has 0 radical (unpaired) electrons. The van der Waals surface area contributed by atoms with Gasteiger partial charge in [0.2, 0.25) is 0 Å². The molecule has 3 aromatic heterocycles. The Morgan fingerprint density at radius 2 is 1.84 bits per heavy atom. The standard InChI is InChI=1S/C29H30F2N6O/c1-4-38-34-28(22-6-8-24(30)25(31)11-22)26-9-5-21(12-32-26)13-35-15-29(16-35)17-36(18-29)23-7-10-27-33-19(2)20(3)37(27)14-23/h5-12,14H,4,13,15-18H2,1-3H3/b34-28+. The normalized spacial score (nSPS) is 17.1. The van der Waals surface area contributed by atoms with Gasteiger partial charge in [-0.05, 0) is 62.7 Å². The average Bonchev–Trinajstić information content (AvgIpc) is 3.15. The van der Waals surface area contributed by atoms with Crippen molar-refractivity contribution in [2.75, 3.05) is 37.7 Å². The number of imidazole rings is 1. The molecule has 7 nitrogen and oxygen atoms in total. The Kier molecular flexibility index (Phi) is 6.10. The first kappa shape index (κ1) is 24.5. The molecular formula is C29H30F2N6O. The second kappa shape index (κ2) is 9.47. The summed E-state index contributed by atoms with van der Waals surface area (Å²) < 4.78 is 29.4. The third-order valence-corrected chi connectivity index (χ3v) is 7.57. The van der Waals surface area contributed by atoms with Crippen molar-refractivity contribution in [1.82, 2.24) is 19.3 Å². The molecule has 2 saturated heterocycles. The van der Waals surface area contributed by atoms with Gasteiger partial charge in [-0.25, -0.2) is 13.8 Å². The fraction of sp³-hybridized carbons (Fsp3) is 0.345. The molecule has 0 aliphatic carbocycles. The molecule has 2 fully saturated rings. The van der Waals surface area contributed by atoms with Crippen LogP contribution in [-0.2, 0) is 11.4 Å². The van der Waals surface area contributed by atoms with E-state index in [1.165, 1.54) is 17.4 Å². The Morgan fingerprint density at radius 3 is 2.55 bits per heavy atom. The van der Waals surface area contributed by atoms with Crippen LogP contribution in [-0.4, -0.2) is 57.8 Å². The van der Waals surface area contributed by atoms with Crippen molar-refractivity contribution in [2.24, 2.45) is 10.6 Å². The first-order chi connectivity index (χ1) is 18.3. The number of halogens is 2. The van der Waals surface area contributed by atoms with Crippen LogP contribution in [0.2, 0.25) is 0 Å². The highest BCUT2D eigenvalue weighted by molar-refractivity contribution is 6.11. The van der Waals surface area contributed by atoms with Gasteiger partial charge in [0.15, 0.2) is 11.6 Å². The highest BCUT2D eigenvalue weighted by Crippen LogP contribution is 2.42. The number of fused-ring (bicyclic) bond motifs is 1. The number of benzene rings is 1. The van der Waals surface area contributed by atoms with E-state index in [9.17, 15) is 8.78 Å². The largest absolute Gasteiger partial charge is 0.396 e. The van der Waals surface area contributed by atoms with Crippen LogP contribution < -0.4 is 4.90 Å². The van der Waals surface area contributed by atoms with E-state index < -0.39 is 11.6 Å². The van der Waals surface area contributed by atoms with Gasteiger partial charge < -0.3 is 14.1 Å². The van der Waals surface area contributed by atoms with Gasteiger partial charge in [0.05, 0.1) is 17.1 Å². The summed E-state index contributed by atoms with van der Waals surface area (Å²) in [7, 11) is 0. The Hall–Kier alpha value is -3.85. The molecule has 6 rings (SSSR count). The number of hydrogen-bond acceptors (Lipinski definition) is 6. The summed E-state index contributed by atoms with van der Waals surface area (Å²) in [5.74, 6) is -1.84. The molecule has 4 aromatic rings. The van der Waals surface area contributed by atoms with Crippen molar-refractivity contribution < 1.29 is 13.6 Å². The Morgan fingerprint density at radius 1 is 1.03 bits per heavy atom. The molecule has 0 atom stereocenters. The Bertz CT molecular complexity index is 1520. The molecule has 0 N–H and O–H groups in total. The fourth-order valence-corrected chi connectivity index (χ4v) is 5.55. The summed E-state index contributed by atoms with van der Waals surface area (Å²) >= 11 is 0. The Balaban J connectivity index is 1.07. The van der Waals surface area contributed by atoms with Crippen LogP contribution in [0.4, 0.5) is 14.5 Å². The number of aromatic nitrogens is 3. The van der Waals surface area contributed by atoms with Gasteiger partial charge in [-0.1, -0.05) is 11.2 Å². The van der Waals surface area contributed by atoms with E-state index in [0.717, 1.165) is 61.8 Å². The van der Waals surface area contributed by atoms with Crippen LogP contribution in [0.5, 0.6) is 0 Å². The van der Waals surface area contributed by atoms with Crippen LogP contribution in [0, 0.1) is 30.9 Å². The average molecular weight is 517 g/mol. The Labute approximate surface area is 220 Å². The molecule has 9 heteroatoms. The molecule has 0 bridgehead atoms. The maximum atomic E-state index is 13.8. The number of aryl methyl sites for hydroxylation is 2. The van der Waals surface area contributed by atoms with Crippen LogP contribution >= 0.6 is 0 Å². The van der Waals surface area contributed by atoms with E-state index in [1.807, 2.05) is 32.2 Å². The van der Waals surface area contributed by atoms with Gasteiger partial charge >= 0.3 is 0 Å². The second-order valence-corrected chi connectivity index (χ2v) is 10.4. The summed E-state index contributed by atoms with van der Waals surface area (Å²) in [5.41, 5.74) is 7.27. The fourth-order valence-electron chi connectivity index (χ4n) is 5.55. The summed E-state index contributed by atoms with van der Waals surface area (Å²) in [6.07, 6.45) is 4.02. The molecule has 1 aromatic carbocycles. The smallest absolute Gasteiger partial charge is 0.159 e. The van der Waals surface area contributed by atoms with Gasteiger partial charge in [0.1, 0.15) is 18.0 Å². The maximum Gasteiger partial charge on any atom is 0.159 e. The zero-order chi connectivity index (χ0) is 26.4. The summed E-state index contributed by atoms with van der Waals surface area (Å²) in [6.45, 7) is 11.4. The van der Waals surface area contributed by atoms with E-state index in [4.69, 9.17) is 4.84 Å². The quantitative estimate of drug-likeness (QED) is 0.263. The van der Waals surface area contributed by atoms with E-state index >= 15 is 0 Å². The number of likely N-dealkylation sites (tertiary alicyclic amines) is 1. The minimum atomic E-state index is -0.933.